The maximum absolute atomic E-state index is 11.9. The lowest BCUT2D eigenvalue weighted by Gasteiger charge is -2.15. The number of Topliss-reactive ketones (excluding diaryl/α,β-unsaturated/α-hetero) is 1. The Balaban J connectivity index is 0.000000173. The minimum atomic E-state index is -0.472. The number of methoxy groups -OCH3 is 1. The number of fused-ring (bicyclic) bond motifs is 3. The van der Waals surface area contributed by atoms with Gasteiger partial charge in [0.25, 0.3) is 6.48 Å². The van der Waals surface area contributed by atoms with Crippen LogP contribution in [0.5, 0.6) is 0 Å². The molecule has 0 atom stereocenters. The van der Waals surface area contributed by atoms with Crippen molar-refractivity contribution in [2.24, 2.45) is 5.73 Å². The third-order valence-electron chi connectivity index (χ3n) is 14.6. The van der Waals surface area contributed by atoms with E-state index >= 15 is 0 Å². The van der Waals surface area contributed by atoms with Gasteiger partial charge < -0.3 is 55.3 Å². The summed E-state index contributed by atoms with van der Waals surface area (Å²) >= 11 is 0. The molecule has 6 aromatic carbocycles. The van der Waals surface area contributed by atoms with Crippen molar-refractivity contribution < 1.29 is 43.2 Å². The molecule has 0 aliphatic rings. The fourth-order valence-electron chi connectivity index (χ4n) is 9.98. The smallest absolute Gasteiger partial charge is 0.337 e. The van der Waals surface area contributed by atoms with Crippen molar-refractivity contribution in [3.63, 3.8) is 0 Å². The van der Waals surface area contributed by atoms with Gasteiger partial charge in [-0.1, -0.05) is 60.7 Å². The summed E-state index contributed by atoms with van der Waals surface area (Å²) in [6.07, 6.45) is 11.8. The highest BCUT2D eigenvalue weighted by Gasteiger charge is 2.16. The van der Waals surface area contributed by atoms with Crippen molar-refractivity contribution in [1.82, 2.24) is 55.1 Å². The summed E-state index contributed by atoms with van der Waals surface area (Å²) in [5.41, 5.74) is 18.5. The number of aliphatic hydroxyl groups is 2. The number of nitrogens with two attached hydrogens (primary N) is 1. The van der Waals surface area contributed by atoms with Crippen LogP contribution in [0.1, 0.15) is 41.5 Å². The number of hydrogen-bond acceptors (Lipinski definition) is 24. The van der Waals surface area contributed by atoms with Crippen molar-refractivity contribution in [2.45, 2.75) is 27.2 Å². The number of esters is 1. The van der Waals surface area contributed by atoms with Gasteiger partial charge in [-0.15, -0.1) is 10.2 Å². The second kappa shape index (κ2) is 37.5. The molecule has 13 aromatic rings. The zero-order chi connectivity index (χ0) is 70.5. The first-order valence-corrected chi connectivity index (χ1v) is 31.4. The SMILES string of the molecule is CCOC(OCC)OCC.CNc1nc(-c2cccnc2)nc2ccc(-c3cccc(-c4nnco4)c3)cc12.CNc1nc(-c2cccnc2)nc2ccc(-c3cccc(C(=O)CN)c3)cc12.CNc1nc(-c2cccnc2)nc2ccc(-c3cccc(C(=O)OC)c3)cc12.CO.CO. The number of aliphatic hydroxyl groups excluding tert-OH is 2. The molecule has 0 radical (unpaired) electrons. The number of carbonyl (C=O) groups is 2. The second-order valence-corrected chi connectivity index (χ2v) is 20.6. The van der Waals surface area contributed by atoms with E-state index in [-0.39, 0.29) is 18.3 Å². The van der Waals surface area contributed by atoms with Crippen LogP contribution in [0.4, 0.5) is 17.5 Å². The predicted octanol–water partition coefficient (Wildman–Crippen LogP) is 12.8. The first-order chi connectivity index (χ1) is 48.5. The van der Waals surface area contributed by atoms with Crippen molar-refractivity contribution >= 4 is 61.9 Å². The monoisotopic (exact) mass is 1330 g/mol. The Kier molecular flexibility index (Phi) is 27.7. The first-order valence-electron chi connectivity index (χ1n) is 31.4. The summed E-state index contributed by atoms with van der Waals surface area (Å²) in [5, 5.41) is 34.0. The van der Waals surface area contributed by atoms with E-state index in [9.17, 15) is 9.59 Å². The van der Waals surface area contributed by atoms with Crippen molar-refractivity contribution in [3.8, 4) is 79.0 Å². The number of benzene rings is 6. The van der Waals surface area contributed by atoms with Crippen molar-refractivity contribution in [2.75, 3.05) is 84.8 Å². The average molecular weight is 1330 g/mol. The van der Waals surface area contributed by atoms with E-state index in [0.717, 1.165) is 120 Å². The van der Waals surface area contributed by atoms with Crippen LogP contribution in [-0.4, -0.2) is 152 Å². The van der Waals surface area contributed by atoms with E-state index in [2.05, 4.69) is 78.2 Å². The van der Waals surface area contributed by atoms with Gasteiger partial charge in [0.15, 0.2) is 23.3 Å². The molecule has 24 nitrogen and oxygen atoms in total. The van der Waals surface area contributed by atoms with Crippen LogP contribution in [0.2, 0.25) is 0 Å². The minimum Gasteiger partial charge on any atom is -0.465 e. The maximum atomic E-state index is 11.9. The van der Waals surface area contributed by atoms with E-state index < -0.39 is 6.48 Å². The third-order valence-corrected chi connectivity index (χ3v) is 14.6. The molecule has 0 saturated carbocycles. The normalized spacial score (nSPS) is 10.5. The summed E-state index contributed by atoms with van der Waals surface area (Å²) in [6.45, 7) is 7.09. The van der Waals surface area contributed by atoms with Crippen molar-refractivity contribution in [3.05, 3.63) is 218 Å². The summed E-state index contributed by atoms with van der Waals surface area (Å²) in [5.74, 6) is 4.16. The Morgan fingerprint density at radius 3 is 1.17 bits per heavy atom. The Morgan fingerprint density at radius 1 is 0.455 bits per heavy atom. The lowest BCUT2D eigenvalue weighted by Crippen LogP contribution is -2.20. The fourth-order valence-corrected chi connectivity index (χ4v) is 9.98. The van der Waals surface area contributed by atoms with Gasteiger partial charge in [0, 0.05) is 136 Å². The molecule has 0 aliphatic carbocycles. The number of nitrogens with zero attached hydrogens (tertiary/aromatic N) is 11. The van der Waals surface area contributed by atoms with Gasteiger partial charge in [-0.25, -0.2) is 34.7 Å². The lowest BCUT2D eigenvalue weighted by atomic mass is 10.00. The van der Waals surface area contributed by atoms with Crippen LogP contribution in [0, 0.1) is 0 Å². The topological polar surface area (TPSA) is 329 Å². The van der Waals surface area contributed by atoms with Gasteiger partial charge >= 0.3 is 5.97 Å². The van der Waals surface area contributed by atoms with Crippen LogP contribution in [0.25, 0.3) is 112 Å². The second-order valence-electron chi connectivity index (χ2n) is 20.6. The van der Waals surface area contributed by atoms with Crippen LogP contribution >= 0.6 is 0 Å². The number of nitrogens with one attached hydrogen (secondary N) is 3. The molecule has 7 heterocycles. The van der Waals surface area contributed by atoms with Gasteiger partial charge in [0.1, 0.15) is 17.5 Å². The quantitative estimate of drug-likeness (QED) is 0.0249. The van der Waals surface area contributed by atoms with Gasteiger partial charge in [-0.2, -0.15) is 0 Å². The first kappa shape index (κ1) is 73.0. The van der Waals surface area contributed by atoms with Gasteiger partial charge in [0.05, 0.1) is 35.8 Å². The molecule has 506 valence electrons. The summed E-state index contributed by atoms with van der Waals surface area (Å²) in [6, 6.07) is 52.3. The zero-order valence-corrected chi connectivity index (χ0v) is 56.3. The van der Waals surface area contributed by atoms with Crippen LogP contribution < -0.4 is 21.7 Å². The van der Waals surface area contributed by atoms with Gasteiger partial charge in [0.2, 0.25) is 12.3 Å². The average Bonchev–Trinajstić information content (AvgIpc) is 0.926. The molecule has 0 saturated heterocycles. The summed E-state index contributed by atoms with van der Waals surface area (Å²) in [7, 11) is 8.90. The standard InChI is InChI=1S/C22H16N6O.C22H19N5O.C22H18N4O2.C7H16O3.2CH4O/c1-23-21-18-11-15(14-4-2-5-16(10-14)22-28-25-13-29-22)7-8-19(18)26-20(27-21)17-6-3-9-24-12-17;1-24-22-18-11-15(14-4-2-5-16(10-14)20(28)12-23)7-8-19(18)26-21(27-22)17-6-3-9-25-13-17;1-23-21-18-12-15(14-5-3-6-16(11-14)22(27)28-2)8-9-19(18)25-20(26-21)17-7-4-10-24-13-17;1-4-8-7(9-5-2)10-6-3;2*1-2/h2-13H,1H3,(H,23,26,27);2-11,13H,12,23H2,1H3,(H,24,26,27);3-13H,1-2H3,(H,23,25,26);7H,4-6H2,1-3H3;2*2H,1H3. The highest BCUT2D eigenvalue weighted by molar-refractivity contribution is 6.00. The Hall–Kier alpha value is -11.8. The van der Waals surface area contributed by atoms with Crippen LogP contribution in [0.3, 0.4) is 0 Å². The minimum absolute atomic E-state index is 0.00393. The highest BCUT2D eigenvalue weighted by Crippen LogP contribution is 2.34. The molecule has 7 N–H and O–H groups in total. The zero-order valence-electron chi connectivity index (χ0n) is 56.3. The Bertz CT molecular complexity index is 4510. The molecule has 0 spiro atoms. The van der Waals surface area contributed by atoms with Crippen LogP contribution in [-0.2, 0) is 18.9 Å². The maximum Gasteiger partial charge on any atom is 0.337 e. The number of pyridine rings is 3. The molecule has 7 aromatic heterocycles. The van der Waals surface area contributed by atoms with E-state index in [1.165, 1.54) is 13.5 Å². The molecule has 0 aliphatic heterocycles. The molecular weight excluding hydrogens is 1250 g/mol. The molecule has 99 heavy (non-hydrogen) atoms. The highest BCUT2D eigenvalue weighted by atomic mass is 16.8. The van der Waals surface area contributed by atoms with E-state index in [4.69, 9.17) is 44.3 Å². The molecule has 24 heteroatoms. The molecular formula is C75H77N15O9. The van der Waals surface area contributed by atoms with E-state index in [1.807, 2.05) is 181 Å². The summed E-state index contributed by atoms with van der Waals surface area (Å²) in [4.78, 5) is 64.3. The lowest BCUT2D eigenvalue weighted by molar-refractivity contribution is -0.282. The fraction of sp³-hybridized carbons (Fsp3) is 0.187. The molecule has 0 amide bonds. The Labute approximate surface area is 572 Å². The van der Waals surface area contributed by atoms with E-state index in [1.54, 1.807) is 49.3 Å². The number of rotatable bonds is 19. The molecule has 13 rings (SSSR count). The Morgan fingerprint density at radius 2 is 0.818 bits per heavy atom. The number of anilines is 3. The van der Waals surface area contributed by atoms with E-state index in [0.29, 0.717) is 54.3 Å². The predicted molar refractivity (Wildman–Crippen MR) is 386 cm³/mol. The number of aromatic nitrogens is 11. The molecule has 0 unspecified atom stereocenters. The number of hydrogen-bond donors (Lipinski definition) is 6. The molecule has 0 bridgehead atoms. The van der Waals surface area contributed by atoms with Crippen LogP contribution in [0.15, 0.2) is 212 Å². The summed E-state index contributed by atoms with van der Waals surface area (Å²) < 4.78 is 25.4. The number of carbonyl (C=O) groups excluding carboxylic acids is 2. The third kappa shape index (κ3) is 19.0. The molecule has 0 fully saturated rings. The van der Waals surface area contributed by atoms with Crippen molar-refractivity contribution in [1.29, 1.82) is 0 Å². The largest absolute Gasteiger partial charge is 0.465 e. The van der Waals surface area contributed by atoms with Gasteiger partial charge in [-0.3, -0.25) is 19.7 Å². The number of ketones is 1. The van der Waals surface area contributed by atoms with Gasteiger partial charge in [-0.05, 0) is 157 Å². The number of ether oxygens (including phenoxy) is 4.